The van der Waals surface area contributed by atoms with Crippen LogP contribution in [0.15, 0.2) is 4.99 Å². The van der Waals surface area contributed by atoms with Crippen LogP contribution >= 0.6 is 27.7 Å². The molecule has 1 atom stereocenters. The molecule has 0 fully saturated rings. The van der Waals surface area contributed by atoms with Crippen LogP contribution in [0.1, 0.15) is 0 Å². The zero-order valence-electron chi connectivity index (χ0n) is 5.63. The number of aliphatic imine (C=N–C) groups is 1. The van der Waals surface area contributed by atoms with Gasteiger partial charge in [-0.1, -0.05) is 27.7 Å². The molecule has 1 heterocycles. The van der Waals surface area contributed by atoms with Crippen molar-refractivity contribution >= 4 is 44.7 Å². The summed E-state index contributed by atoms with van der Waals surface area (Å²) >= 11 is 4.13. The lowest BCUT2D eigenvalue weighted by Gasteiger charge is -2.13. The Morgan fingerprint density at radius 3 is 2.73 bits per heavy atom. The number of hydrogen-bond donors (Lipinski definition) is 1. The zero-order chi connectivity index (χ0) is 8.43. The second-order valence-electron chi connectivity index (χ2n) is 1.81. The minimum Gasteiger partial charge on any atom is -0.304 e. The van der Waals surface area contributed by atoms with Gasteiger partial charge in [0.25, 0.3) is 5.91 Å². The summed E-state index contributed by atoms with van der Waals surface area (Å²) < 4.78 is 0. The van der Waals surface area contributed by atoms with E-state index in [1.165, 1.54) is 11.8 Å². The largest absolute Gasteiger partial charge is 0.304 e. The Hall–Kier alpha value is -0.360. The number of hydrogen-bond acceptors (Lipinski definition) is 3. The molecule has 1 rings (SSSR count). The van der Waals surface area contributed by atoms with Gasteiger partial charge in [0.05, 0.1) is 0 Å². The highest BCUT2D eigenvalue weighted by Crippen LogP contribution is 2.09. The average molecular weight is 237 g/mol. The van der Waals surface area contributed by atoms with E-state index >= 15 is 0 Å². The third-order valence-corrected chi connectivity index (χ3v) is 2.47. The number of rotatable bonds is 0. The molecule has 0 radical (unpaired) electrons. The normalized spacial score (nSPS) is 24.5. The van der Waals surface area contributed by atoms with Gasteiger partial charge in [-0.15, -0.1) is 0 Å². The lowest BCUT2D eigenvalue weighted by Crippen LogP contribution is -2.43. The van der Waals surface area contributed by atoms with Gasteiger partial charge >= 0.3 is 0 Å². The van der Waals surface area contributed by atoms with E-state index in [1.54, 1.807) is 6.26 Å². The molecule has 1 aliphatic rings. The summed E-state index contributed by atoms with van der Waals surface area (Å²) in [7, 11) is 0. The van der Waals surface area contributed by atoms with E-state index in [9.17, 15) is 9.59 Å². The number of halogens is 1. The molecule has 0 saturated carbocycles. The standard InChI is InChI=1S/C5H5BrN2O2S/c1-11-5-7-3(9)2(6)4(10)8-5/h2H,1H3,(H,7,8,9,10). The molecule has 1 aliphatic heterocycles. The van der Waals surface area contributed by atoms with Crippen molar-refractivity contribution in [2.75, 3.05) is 6.26 Å². The van der Waals surface area contributed by atoms with Gasteiger partial charge in [0, 0.05) is 0 Å². The fraction of sp³-hybridized carbons (Fsp3) is 0.400. The fourth-order valence-corrected chi connectivity index (χ4v) is 1.16. The third kappa shape index (κ3) is 1.81. The average Bonchev–Trinajstić information content (AvgIpc) is 1.99. The van der Waals surface area contributed by atoms with Crippen LogP contribution in [0.2, 0.25) is 0 Å². The van der Waals surface area contributed by atoms with E-state index < -0.39 is 10.7 Å². The van der Waals surface area contributed by atoms with E-state index in [-0.39, 0.29) is 5.91 Å². The van der Waals surface area contributed by atoms with Crippen molar-refractivity contribution in [3.05, 3.63) is 0 Å². The van der Waals surface area contributed by atoms with Crippen LogP contribution in [0.25, 0.3) is 0 Å². The number of nitrogens with zero attached hydrogens (tertiary/aromatic N) is 1. The van der Waals surface area contributed by atoms with E-state index in [0.29, 0.717) is 5.17 Å². The second kappa shape index (κ2) is 3.36. The SMILES string of the molecule is CSC1=NC(=O)C(Br)C(=O)N1. The van der Waals surface area contributed by atoms with Crippen LogP contribution in [0, 0.1) is 0 Å². The molecule has 2 amide bonds. The van der Waals surface area contributed by atoms with Gasteiger partial charge in [-0.05, 0) is 6.26 Å². The molecule has 0 saturated heterocycles. The predicted octanol–water partition coefficient (Wildman–Crippen LogP) is 0.125. The molecule has 6 heteroatoms. The molecule has 11 heavy (non-hydrogen) atoms. The van der Waals surface area contributed by atoms with Crippen molar-refractivity contribution in [2.45, 2.75) is 4.83 Å². The minimum absolute atomic E-state index is 0.352. The maximum Gasteiger partial charge on any atom is 0.271 e. The summed E-state index contributed by atoms with van der Waals surface area (Å²) in [4.78, 5) is 24.5. The maximum absolute atomic E-state index is 10.9. The van der Waals surface area contributed by atoms with Crippen LogP contribution < -0.4 is 5.32 Å². The van der Waals surface area contributed by atoms with Crippen molar-refractivity contribution in [2.24, 2.45) is 4.99 Å². The van der Waals surface area contributed by atoms with Crippen LogP contribution in [-0.2, 0) is 9.59 Å². The molecular weight excluding hydrogens is 232 g/mol. The summed E-state index contributed by atoms with van der Waals surface area (Å²) in [5, 5.41) is 2.81. The van der Waals surface area contributed by atoms with Crippen molar-refractivity contribution in [1.82, 2.24) is 5.32 Å². The summed E-state index contributed by atoms with van der Waals surface area (Å²) in [5.74, 6) is -0.799. The quantitative estimate of drug-likeness (QED) is 0.481. The lowest BCUT2D eigenvalue weighted by molar-refractivity contribution is -0.126. The molecule has 0 aromatic heterocycles. The topological polar surface area (TPSA) is 58.5 Å². The van der Waals surface area contributed by atoms with Gasteiger partial charge in [0.15, 0.2) is 9.99 Å². The van der Waals surface area contributed by atoms with Crippen LogP contribution in [0.4, 0.5) is 0 Å². The third-order valence-electron chi connectivity index (χ3n) is 1.08. The number of nitrogens with one attached hydrogen (secondary N) is 1. The van der Waals surface area contributed by atoms with Gasteiger partial charge < -0.3 is 5.32 Å². The fourth-order valence-electron chi connectivity index (χ4n) is 0.562. The Bertz CT molecular complexity index is 241. The van der Waals surface area contributed by atoms with Crippen LogP contribution in [0.3, 0.4) is 0 Å². The lowest BCUT2D eigenvalue weighted by atomic mass is 10.3. The summed E-state index contributed by atoms with van der Waals surface area (Å²) in [6.45, 7) is 0. The van der Waals surface area contributed by atoms with E-state index in [0.717, 1.165) is 0 Å². The summed E-state index contributed by atoms with van der Waals surface area (Å²) in [6, 6.07) is 0. The highest BCUT2D eigenvalue weighted by Gasteiger charge is 2.28. The van der Waals surface area contributed by atoms with Crippen molar-refractivity contribution in [3.63, 3.8) is 0 Å². The molecule has 1 N–H and O–H groups in total. The van der Waals surface area contributed by atoms with Gasteiger partial charge in [-0.2, -0.15) is 4.99 Å². The van der Waals surface area contributed by atoms with Crippen LogP contribution in [-0.4, -0.2) is 28.1 Å². The molecule has 1 unspecified atom stereocenters. The smallest absolute Gasteiger partial charge is 0.271 e. The molecule has 4 nitrogen and oxygen atoms in total. The Kier molecular flexibility index (Phi) is 2.67. The Balaban J connectivity index is 2.85. The first kappa shape index (κ1) is 8.73. The first-order valence-electron chi connectivity index (χ1n) is 2.76. The number of alkyl halides is 1. The van der Waals surface area contributed by atoms with Crippen molar-refractivity contribution in [1.29, 1.82) is 0 Å². The van der Waals surface area contributed by atoms with E-state index in [1.807, 2.05) is 0 Å². The molecule has 0 aliphatic carbocycles. The van der Waals surface area contributed by atoms with Gasteiger partial charge in [0.2, 0.25) is 5.91 Å². The number of amides is 2. The number of carbonyl (C=O) groups is 2. The number of thioether (sulfide) groups is 1. The minimum atomic E-state index is -0.821. The predicted molar refractivity (Wildman–Crippen MR) is 46.8 cm³/mol. The van der Waals surface area contributed by atoms with Gasteiger partial charge in [-0.3, -0.25) is 9.59 Å². The molecule has 0 bridgehead atoms. The Labute approximate surface area is 76.0 Å². The monoisotopic (exact) mass is 236 g/mol. The van der Waals surface area contributed by atoms with Gasteiger partial charge in [-0.25, -0.2) is 0 Å². The van der Waals surface area contributed by atoms with Crippen molar-refractivity contribution in [3.8, 4) is 0 Å². The number of amidine groups is 1. The summed E-state index contributed by atoms with van der Waals surface area (Å²) in [5.41, 5.74) is 0. The molecule has 0 aromatic carbocycles. The second-order valence-corrected chi connectivity index (χ2v) is 3.52. The maximum atomic E-state index is 10.9. The Morgan fingerprint density at radius 1 is 1.64 bits per heavy atom. The first-order valence-corrected chi connectivity index (χ1v) is 4.90. The number of carbonyl (C=O) groups excluding carboxylic acids is 2. The molecule has 60 valence electrons. The van der Waals surface area contributed by atoms with Gasteiger partial charge in [0.1, 0.15) is 0 Å². The zero-order valence-corrected chi connectivity index (χ0v) is 8.03. The summed E-state index contributed by atoms with van der Waals surface area (Å²) in [6.07, 6.45) is 1.74. The first-order chi connectivity index (χ1) is 5.15. The molecular formula is C5H5BrN2O2S. The Morgan fingerprint density at radius 2 is 2.27 bits per heavy atom. The highest BCUT2D eigenvalue weighted by atomic mass is 79.9. The van der Waals surface area contributed by atoms with E-state index in [2.05, 4.69) is 26.2 Å². The van der Waals surface area contributed by atoms with Crippen molar-refractivity contribution < 1.29 is 9.59 Å². The molecule has 0 aromatic rings. The highest BCUT2D eigenvalue weighted by molar-refractivity contribution is 9.10. The molecule has 0 spiro atoms. The van der Waals surface area contributed by atoms with Crippen LogP contribution in [0.5, 0.6) is 0 Å². The van der Waals surface area contributed by atoms with E-state index in [4.69, 9.17) is 0 Å².